The predicted molar refractivity (Wildman–Crippen MR) is 80.6 cm³/mol. The Hall–Kier alpha value is -1.11. The SMILES string of the molecule is CC1CCCCC1CNS(=O)(=O)c1ccc(NN)cc1. The third-order valence-corrected chi connectivity index (χ3v) is 5.60. The van der Waals surface area contributed by atoms with E-state index in [1.54, 1.807) is 24.3 Å². The summed E-state index contributed by atoms with van der Waals surface area (Å²) in [7, 11) is -3.43. The van der Waals surface area contributed by atoms with Gasteiger partial charge in [0, 0.05) is 12.2 Å². The van der Waals surface area contributed by atoms with Gasteiger partial charge in [-0.15, -0.1) is 0 Å². The van der Waals surface area contributed by atoms with Crippen molar-refractivity contribution in [2.75, 3.05) is 12.0 Å². The predicted octanol–water partition coefficient (Wildman–Crippen LogP) is 2.08. The van der Waals surface area contributed by atoms with Crippen LogP contribution in [0.25, 0.3) is 0 Å². The number of nitrogens with one attached hydrogen (secondary N) is 2. The molecule has 2 atom stereocenters. The second-order valence-electron chi connectivity index (χ2n) is 5.54. The molecule has 6 heteroatoms. The summed E-state index contributed by atoms with van der Waals surface area (Å²) >= 11 is 0. The lowest BCUT2D eigenvalue weighted by Crippen LogP contribution is -2.33. The van der Waals surface area contributed by atoms with E-state index >= 15 is 0 Å². The van der Waals surface area contributed by atoms with Gasteiger partial charge in [0.1, 0.15) is 0 Å². The van der Waals surface area contributed by atoms with Crippen LogP contribution in [-0.2, 0) is 10.0 Å². The first kappa shape index (κ1) is 15.3. The normalized spacial score (nSPS) is 23.5. The highest BCUT2D eigenvalue weighted by Crippen LogP contribution is 2.29. The van der Waals surface area contributed by atoms with Crippen LogP contribution in [0.2, 0.25) is 0 Å². The van der Waals surface area contributed by atoms with Crippen LogP contribution in [0.1, 0.15) is 32.6 Å². The van der Waals surface area contributed by atoms with Crippen LogP contribution < -0.4 is 16.0 Å². The lowest BCUT2D eigenvalue weighted by atomic mass is 9.81. The molecule has 5 nitrogen and oxygen atoms in total. The average Bonchev–Trinajstić information content (AvgIpc) is 2.46. The summed E-state index contributed by atoms with van der Waals surface area (Å²) in [5, 5.41) is 0. The van der Waals surface area contributed by atoms with Crippen molar-refractivity contribution in [1.29, 1.82) is 0 Å². The summed E-state index contributed by atoms with van der Waals surface area (Å²) in [6.07, 6.45) is 4.77. The molecule has 2 unspecified atom stereocenters. The van der Waals surface area contributed by atoms with E-state index in [1.165, 1.54) is 19.3 Å². The minimum atomic E-state index is -3.43. The summed E-state index contributed by atoms with van der Waals surface area (Å²) < 4.78 is 27.2. The molecule has 4 N–H and O–H groups in total. The molecule has 0 aliphatic heterocycles. The van der Waals surface area contributed by atoms with Gasteiger partial charge in [0.15, 0.2) is 0 Å². The number of nitrogen functional groups attached to an aromatic ring is 1. The van der Waals surface area contributed by atoms with Crippen molar-refractivity contribution in [3.63, 3.8) is 0 Å². The summed E-state index contributed by atoms with van der Waals surface area (Å²) in [5.41, 5.74) is 3.16. The van der Waals surface area contributed by atoms with Gasteiger partial charge in [-0.1, -0.05) is 26.2 Å². The highest BCUT2D eigenvalue weighted by atomic mass is 32.2. The Labute approximate surface area is 121 Å². The molecule has 0 bridgehead atoms. The van der Waals surface area contributed by atoms with Gasteiger partial charge in [-0.2, -0.15) is 0 Å². The fraction of sp³-hybridized carbons (Fsp3) is 0.571. The van der Waals surface area contributed by atoms with Gasteiger partial charge < -0.3 is 5.43 Å². The number of rotatable bonds is 5. The topological polar surface area (TPSA) is 84.2 Å². The molecular formula is C14H23N3O2S. The Kier molecular flexibility index (Phi) is 5.01. The number of nitrogens with two attached hydrogens (primary N) is 1. The number of hydrazine groups is 1. The zero-order chi connectivity index (χ0) is 14.6. The number of hydrogen-bond acceptors (Lipinski definition) is 4. The Morgan fingerprint density at radius 1 is 1.20 bits per heavy atom. The van der Waals surface area contributed by atoms with Crippen LogP contribution in [0.4, 0.5) is 5.69 Å². The van der Waals surface area contributed by atoms with E-state index in [2.05, 4.69) is 17.1 Å². The van der Waals surface area contributed by atoms with Crippen LogP contribution in [0.3, 0.4) is 0 Å². The Morgan fingerprint density at radius 2 is 1.85 bits per heavy atom. The molecule has 0 heterocycles. The molecule has 2 rings (SSSR count). The zero-order valence-electron chi connectivity index (χ0n) is 11.8. The molecule has 1 aliphatic carbocycles. The molecule has 1 aromatic carbocycles. The second-order valence-corrected chi connectivity index (χ2v) is 7.31. The maximum absolute atomic E-state index is 12.2. The molecular weight excluding hydrogens is 274 g/mol. The van der Waals surface area contributed by atoms with E-state index in [0.29, 0.717) is 24.1 Å². The van der Waals surface area contributed by atoms with Crippen LogP contribution >= 0.6 is 0 Å². The lowest BCUT2D eigenvalue weighted by molar-refractivity contribution is 0.257. The van der Waals surface area contributed by atoms with E-state index in [-0.39, 0.29) is 4.90 Å². The highest BCUT2D eigenvalue weighted by Gasteiger charge is 2.23. The number of anilines is 1. The van der Waals surface area contributed by atoms with Crippen LogP contribution in [0.5, 0.6) is 0 Å². The molecule has 20 heavy (non-hydrogen) atoms. The Morgan fingerprint density at radius 3 is 2.45 bits per heavy atom. The molecule has 1 fully saturated rings. The Bertz CT molecular complexity index is 528. The van der Waals surface area contributed by atoms with Crippen molar-refractivity contribution in [1.82, 2.24) is 4.72 Å². The fourth-order valence-electron chi connectivity index (χ4n) is 2.73. The van der Waals surface area contributed by atoms with Crippen LogP contribution in [0, 0.1) is 11.8 Å². The van der Waals surface area contributed by atoms with Crippen LogP contribution in [0.15, 0.2) is 29.2 Å². The summed E-state index contributed by atoms with van der Waals surface area (Å²) in [6, 6.07) is 6.42. The van der Waals surface area contributed by atoms with E-state index in [0.717, 1.165) is 6.42 Å². The van der Waals surface area contributed by atoms with E-state index in [4.69, 9.17) is 5.84 Å². The van der Waals surface area contributed by atoms with E-state index in [1.807, 2.05) is 0 Å². The van der Waals surface area contributed by atoms with Crippen molar-refractivity contribution < 1.29 is 8.42 Å². The standard InChI is InChI=1S/C14H23N3O2S/c1-11-4-2-3-5-12(11)10-16-20(18,19)14-8-6-13(17-15)7-9-14/h6-9,11-12,16-17H,2-5,10,15H2,1H3. The maximum atomic E-state index is 12.2. The molecule has 1 aliphatic rings. The molecule has 0 spiro atoms. The molecule has 0 amide bonds. The molecule has 0 radical (unpaired) electrons. The van der Waals surface area contributed by atoms with Crippen molar-refractivity contribution >= 4 is 15.7 Å². The average molecular weight is 297 g/mol. The second kappa shape index (κ2) is 6.56. The van der Waals surface area contributed by atoms with Crippen LogP contribution in [-0.4, -0.2) is 15.0 Å². The maximum Gasteiger partial charge on any atom is 0.240 e. The number of benzene rings is 1. The van der Waals surface area contributed by atoms with Gasteiger partial charge in [-0.25, -0.2) is 13.1 Å². The molecule has 0 aromatic heterocycles. The number of sulfonamides is 1. The zero-order valence-corrected chi connectivity index (χ0v) is 12.6. The minimum Gasteiger partial charge on any atom is -0.324 e. The van der Waals surface area contributed by atoms with E-state index in [9.17, 15) is 8.42 Å². The lowest BCUT2D eigenvalue weighted by Gasteiger charge is -2.28. The smallest absolute Gasteiger partial charge is 0.240 e. The monoisotopic (exact) mass is 297 g/mol. The fourth-order valence-corrected chi connectivity index (χ4v) is 3.82. The molecule has 1 aromatic rings. The van der Waals surface area contributed by atoms with E-state index < -0.39 is 10.0 Å². The summed E-state index contributed by atoms with van der Waals surface area (Å²) in [4.78, 5) is 0.278. The third kappa shape index (κ3) is 3.71. The van der Waals surface area contributed by atoms with Crippen molar-refractivity contribution in [3.05, 3.63) is 24.3 Å². The molecule has 0 saturated heterocycles. The van der Waals surface area contributed by atoms with Gasteiger partial charge in [0.25, 0.3) is 0 Å². The largest absolute Gasteiger partial charge is 0.324 e. The van der Waals surface area contributed by atoms with Gasteiger partial charge >= 0.3 is 0 Å². The summed E-state index contributed by atoms with van der Waals surface area (Å²) in [6.45, 7) is 2.74. The highest BCUT2D eigenvalue weighted by molar-refractivity contribution is 7.89. The number of hydrogen-bond donors (Lipinski definition) is 3. The quantitative estimate of drug-likeness (QED) is 0.574. The Balaban J connectivity index is 1.99. The first-order chi connectivity index (χ1) is 9.53. The van der Waals surface area contributed by atoms with Gasteiger partial charge in [-0.3, -0.25) is 5.84 Å². The first-order valence-corrected chi connectivity index (χ1v) is 8.57. The molecule has 112 valence electrons. The van der Waals surface area contributed by atoms with Crippen molar-refractivity contribution in [2.24, 2.45) is 17.7 Å². The van der Waals surface area contributed by atoms with Gasteiger partial charge in [0.2, 0.25) is 10.0 Å². The summed E-state index contributed by atoms with van der Waals surface area (Å²) in [5.74, 6) is 6.31. The molecule has 1 saturated carbocycles. The van der Waals surface area contributed by atoms with Crippen molar-refractivity contribution in [2.45, 2.75) is 37.5 Å². The van der Waals surface area contributed by atoms with Crippen molar-refractivity contribution in [3.8, 4) is 0 Å². The van der Waals surface area contributed by atoms with Gasteiger partial charge in [0.05, 0.1) is 4.90 Å². The van der Waals surface area contributed by atoms with Gasteiger partial charge in [-0.05, 0) is 42.5 Å². The third-order valence-electron chi connectivity index (χ3n) is 4.16. The minimum absolute atomic E-state index is 0.278. The first-order valence-electron chi connectivity index (χ1n) is 7.09.